The number of hydrogen-bond acceptors (Lipinski definition) is 4. The summed E-state index contributed by atoms with van der Waals surface area (Å²) in [4.78, 5) is 48.7. The van der Waals surface area contributed by atoms with Crippen LogP contribution >= 0.6 is 0 Å². The van der Waals surface area contributed by atoms with Crippen LogP contribution in [0.2, 0.25) is 0 Å². The number of benzene rings is 1. The Labute approximate surface area is 137 Å². The highest BCUT2D eigenvalue weighted by Gasteiger charge is 2.50. The van der Waals surface area contributed by atoms with Gasteiger partial charge in [0, 0.05) is 0 Å². The number of carboxylic acids is 2. The number of amides is 2. The predicted octanol–water partition coefficient (Wildman–Crippen LogP) is 2.01. The van der Waals surface area contributed by atoms with E-state index in [9.17, 15) is 19.2 Å². The zero-order valence-corrected chi connectivity index (χ0v) is 13.1. The second kappa shape index (κ2) is 5.74. The molecule has 126 valence electrons. The van der Waals surface area contributed by atoms with Crippen LogP contribution in [-0.2, 0) is 9.59 Å². The Kier molecular flexibility index (Phi) is 3.87. The third kappa shape index (κ3) is 2.55. The summed E-state index contributed by atoms with van der Waals surface area (Å²) >= 11 is 0. The Morgan fingerprint density at radius 2 is 1.50 bits per heavy atom. The lowest BCUT2D eigenvalue weighted by atomic mass is 9.76. The molecule has 0 aromatic heterocycles. The molecule has 7 heteroatoms. The monoisotopic (exact) mass is 331 g/mol. The second-order valence-corrected chi connectivity index (χ2v) is 6.52. The number of hydrogen-bond donors (Lipinski definition) is 2. The molecule has 0 radical (unpaired) electrons. The highest BCUT2D eigenvalue weighted by Crippen LogP contribution is 2.42. The quantitative estimate of drug-likeness (QED) is 0.819. The summed E-state index contributed by atoms with van der Waals surface area (Å²) in [7, 11) is 0. The van der Waals surface area contributed by atoms with Crippen LogP contribution in [0.4, 0.5) is 5.69 Å². The van der Waals surface area contributed by atoms with Gasteiger partial charge in [0.05, 0.1) is 28.7 Å². The van der Waals surface area contributed by atoms with Crippen LogP contribution in [0.15, 0.2) is 18.2 Å². The van der Waals surface area contributed by atoms with Gasteiger partial charge in [-0.3, -0.25) is 14.5 Å². The van der Waals surface area contributed by atoms with Gasteiger partial charge in [-0.25, -0.2) is 9.59 Å². The average molecular weight is 331 g/mol. The first-order valence-electron chi connectivity index (χ1n) is 7.79. The van der Waals surface area contributed by atoms with Crippen molar-refractivity contribution in [3.8, 4) is 0 Å². The Bertz CT molecular complexity index is 723. The minimum absolute atomic E-state index is 0.0179. The first-order valence-corrected chi connectivity index (χ1v) is 7.79. The van der Waals surface area contributed by atoms with Crippen molar-refractivity contribution in [2.45, 2.75) is 26.2 Å². The van der Waals surface area contributed by atoms with Crippen LogP contribution in [0.25, 0.3) is 0 Å². The van der Waals surface area contributed by atoms with Gasteiger partial charge in [0.1, 0.15) is 0 Å². The molecule has 0 unspecified atom stereocenters. The fourth-order valence-corrected chi connectivity index (χ4v) is 3.63. The molecule has 1 aliphatic heterocycles. The zero-order chi connectivity index (χ0) is 17.6. The van der Waals surface area contributed by atoms with Crippen LogP contribution in [0.5, 0.6) is 0 Å². The van der Waals surface area contributed by atoms with E-state index in [-0.39, 0.29) is 28.6 Å². The lowest BCUT2D eigenvalue weighted by molar-refractivity contribution is -0.122. The molecule has 2 amide bonds. The van der Waals surface area contributed by atoms with Gasteiger partial charge < -0.3 is 10.2 Å². The Balaban J connectivity index is 2.05. The molecule has 0 bridgehead atoms. The minimum atomic E-state index is -1.32. The first kappa shape index (κ1) is 16.2. The van der Waals surface area contributed by atoms with Gasteiger partial charge in [0.15, 0.2) is 0 Å². The van der Waals surface area contributed by atoms with Gasteiger partial charge in [0.2, 0.25) is 11.8 Å². The van der Waals surface area contributed by atoms with Gasteiger partial charge >= 0.3 is 11.9 Å². The number of carbonyl (C=O) groups excluding carboxylic acids is 2. The smallest absolute Gasteiger partial charge is 0.335 e. The van der Waals surface area contributed by atoms with Gasteiger partial charge in [-0.05, 0) is 43.4 Å². The molecular weight excluding hydrogens is 314 g/mol. The second-order valence-electron chi connectivity index (χ2n) is 6.52. The third-order valence-electron chi connectivity index (χ3n) is 4.86. The number of rotatable bonds is 3. The van der Waals surface area contributed by atoms with Crippen molar-refractivity contribution < 1.29 is 29.4 Å². The summed E-state index contributed by atoms with van der Waals surface area (Å²) in [5, 5.41) is 18.3. The summed E-state index contributed by atoms with van der Waals surface area (Å²) in [6, 6.07) is 3.35. The van der Waals surface area contributed by atoms with Crippen molar-refractivity contribution in [2.75, 3.05) is 4.90 Å². The minimum Gasteiger partial charge on any atom is -0.478 e. The first-order chi connectivity index (χ1) is 11.3. The maximum atomic E-state index is 12.7. The lowest BCUT2D eigenvalue weighted by Crippen LogP contribution is -2.31. The molecule has 2 fully saturated rings. The average Bonchev–Trinajstić information content (AvgIpc) is 2.77. The molecule has 2 aliphatic rings. The van der Waals surface area contributed by atoms with Crippen molar-refractivity contribution in [2.24, 2.45) is 17.8 Å². The van der Waals surface area contributed by atoms with Crippen LogP contribution in [0, 0.1) is 17.8 Å². The molecule has 1 aliphatic carbocycles. The van der Waals surface area contributed by atoms with E-state index in [2.05, 4.69) is 0 Å². The van der Waals surface area contributed by atoms with E-state index >= 15 is 0 Å². The van der Waals surface area contributed by atoms with E-state index in [1.165, 1.54) is 12.1 Å². The van der Waals surface area contributed by atoms with E-state index in [1.807, 2.05) is 6.92 Å². The molecule has 2 N–H and O–H groups in total. The highest BCUT2D eigenvalue weighted by atomic mass is 16.4. The molecular formula is C17H17NO6. The van der Waals surface area contributed by atoms with E-state index < -0.39 is 23.8 Å². The number of nitrogens with zero attached hydrogens (tertiary/aromatic N) is 1. The van der Waals surface area contributed by atoms with Crippen molar-refractivity contribution in [3.05, 3.63) is 29.3 Å². The number of aromatic carboxylic acids is 2. The van der Waals surface area contributed by atoms with Crippen LogP contribution in [-0.4, -0.2) is 34.0 Å². The fourth-order valence-electron chi connectivity index (χ4n) is 3.63. The Hall–Kier alpha value is -2.70. The maximum absolute atomic E-state index is 12.7. The van der Waals surface area contributed by atoms with Crippen molar-refractivity contribution >= 4 is 29.4 Å². The molecule has 3 rings (SSSR count). The molecule has 7 nitrogen and oxygen atoms in total. The third-order valence-corrected chi connectivity index (χ3v) is 4.86. The number of carbonyl (C=O) groups is 4. The normalized spacial score (nSPS) is 26.4. The topological polar surface area (TPSA) is 112 Å². The van der Waals surface area contributed by atoms with Crippen molar-refractivity contribution in [1.29, 1.82) is 0 Å². The molecule has 1 saturated heterocycles. The van der Waals surface area contributed by atoms with Crippen LogP contribution < -0.4 is 4.90 Å². The van der Waals surface area contributed by atoms with E-state index in [4.69, 9.17) is 10.2 Å². The summed E-state index contributed by atoms with van der Waals surface area (Å²) in [5.74, 6) is -3.80. The molecule has 1 heterocycles. The highest BCUT2D eigenvalue weighted by molar-refractivity contribution is 6.22. The van der Waals surface area contributed by atoms with Gasteiger partial charge in [-0.15, -0.1) is 0 Å². The number of fused-ring (bicyclic) bond motifs is 1. The van der Waals surface area contributed by atoms with E-state index in [0.29, 0.717) is 18.8 Å². The van der Waals surface area contributed by atoms with Crippen molar-refractivity contribution in [3.63, 3.8) is 0 Å². The lowest BCUT2D eigenvalue weighted by Gasteiger charge is -2.25. The molecule has 1 aromatic carbocycles. The number of anilines is 1. The molecule has 0 spiro atoms. The predicted molar refractivity (Wildman–Crippen MR) is 82.8 cm³/mol. The summed E-state index contributed by atoms with van der Waals surface area (Å²) in [6.07, 6.45) is 2.11. The van der Waals surface area contributed by atoms with Gasteiger partial charge in [-0.1, -0.05) is 6.92 Å². The fraction of sp³-hybridized carbons (Fsp3) is 0.412. The van der Waals surface area contributed by atoms with Gasteiger partial charge in [0.25, 0.3) is 0 Å². The molecule has 1 aromatic rings. The Morgan fingerprint density at radius 3 is 2.04 bits per heavy atom. The van der Waals surface area contributed by atoms with E-state index in [0.717, 1.165) is 17.4 Å². The standard InChI is InChI=1S/C17H17NO6/c1-8-2-3-12-13(4-8)15(20)18(14(12)19)11-6-9(16(21)22)5-10(7-11)17(23)24/h5-8,12-13H,2-4H2,1H3,(H,21,22)(H,23,24)/t8-,12+,13+/m1/s1. The maximum Gasteiger partial charge on any atom is 0.335 e. The van der Waals surface area contributed by atoms with Crippen molar-refractivity contribution in [1.82, 2.24) is 0 Å². The SMILES string of the molecule is C[C@@H]1CC[C@@H]2C(=O)N(c3cc(C(=O)O)cc(C(=O)O)c3)C(=O)[C@H]2C1. The van der Waals surface area contributed by atoms with Gasteiger partial charge in [-0.2, -0.15) is 0 Å². The number of carboxylic acid groups (broad SMARTS) is 2. The van der Waals surface area contributed by atoms with Crippen LogP contribution in [0.1, 0.15) is 46.9 Å². The summed E-state index contributed by atoms with van der Waals surface area (Å²) in [5.41, 5.74) is -0.521. The molecule has 3 atom stereocenters. The number of imide groups is 1. The molecule has 24 heavy (non-hydrogen) atoms. The molecule has 1 saturated carbocycles. The zero-order valence-electron chi connectivity index (χ0n) is 13.1. The summed E-state index contributed by atoms with van der Waals surface area (Å²) in [6.45, 7) is 2.03. The largest absolute Gasteiger partial charge is 0.478 e. The Morgan fingerprint density at radius 1 is 0.958 bits per heavy atom. The summed E-state index contributed by atoms with van der Waals surface area (Å²) < 4.78 is 0. The van der Waals surface area contributed by atoms with Crippen LogP contribution in [0.3, 0.4) is 0 Å². The van der Waals surface area contributed by atoms with E-state index in [1.54, 1.807) is 0 Å².